The molecule has 30 heavy (non-hydrogen) atoms. The molecule has 0 aliphatic carbocycles. The first-order valence-corrected chi connectivity index (χ1v) is 11.6. The first kappa shape index (κ1) is 20.7. The van der Waals surface area contributed by atoms with Crippen LogP contribution in [0.25, 0.3) is 21.3 Å². The summed E-state index contributed by atoms with van der Waals surface area (Å²) in [5, 5.41) is 3.22. The maximum atomic E-state index is 13.2. The number of amides is 1. The Kier molecular flexibility index (Phi) is 5.74. The Labute approximate surface area is 178 Å². The predicted molar refractivity (Wildman–Crippen MR) is 115 cm³/mol. The maximum Gasteiger partial charge on any atom is 0.246 e. The number of rotatable bonds is 5. The molecule has 2 aromatic carbocycles. The molecule has 1 amide bonds. The Morgan fingerprint density at radius 3 is 2.57 bits per heavy atom. The van der Waals surface area contributed by atoms with Gasteiger partial charge in [-0.15, -0.1) is 0 Å². The lowest BCUT2D eigenvalue weighted by molar-refractivity contribution is -0.114. The van der Waals surface area contributed by atoms with Gasteiger partial charge in [0.05, 0.1) is 30.5 Å². The number of thiazole rings is 1. The predicted octanol–water partition coefficient (Wildman–Crippen LogP) is 2.95. The highest BCUT2D eigenvalue weighted by molar-refractivity contribution is 7.89. The highest BCUT2D eigenvalue weighted by Gasteiger charge is 2.29. The highest BCUT2D eigenvalue weighted by Crippen LogP contribution is 2.35. The van der Waals surface area contributed by atoms with E-state index in [1.807, 2.05) is 24.3 Å². The van der Waals surface area contributed by atoms with Crippen LogP contribution in [-0.2, 0) is 19.6 Å². The fourth-order valence-corrected chi connectivity index (χ4v) is 5.83. The number of carbonyl (C=O) groups excluding carboxylic acids is 1. The minimum Gasteiger partial charge on any atom is -0.495 e. The van der Waals surface area contributed by atoms with E-state index in [0.717, 1.165) is 21.3 Å². The molecule has 10 heteroatoms. The fraction of sp³-hybridized carbons (Fsp3) is 0.300. The average molecular weight is 448 g/mol. The van der Waals surface area contributed by atoms with Crippen LogP contribution >= 0.6 is 11.3 Å². The molecule has 0 radical (unpaired) electrons. The van der Waals surface area contributed by atoms with Crippen LogP contribution in [0.5, 0.6) is 5.75 Å². The van der Waals surface area contributed by atoms with Gasteiger partial charge in [-0.1, -0.05) is 23.5 Å². The summed E-state index contributed by atoms with van der Waals surface area (Å²) in [7, 11) is -2.26. The first-order chi connectivity index (χ1) is 14.4. The second-order valence-corrected chi connectivity index (χ2v) is 9.70. The van der Waals surface area contributed by atoms with Crippen LogP contribution in [0.1, 0.15) is 6.92 Å². The smallest absolute Gasteiger partial charge is 0.246 e. The molecule has 0 unspecified atom stereocenters. The van der Waals surface area contributed by atoms with Crippen LogP contribution in [0.3, 0.4) is 0 Å². The van der Waals surface area contributed by atoms with Gasteiger partial charge in [-0.05, 0) is 35.4 Å². The molecule has 0 saturated carbocycles. The lowest BCUT2D eigenvalue weighted by Crippen LogP contribution is -2.40. The number of carbonyl (C=O) groups is 1. The summed E-state index contributed by atoms with van der Waals surface area (Å²) in [6.07, 6.45) is 0. The average Bonchev–Trinajstić information content (AvgIpc) is 3.14. The minimum absolute atomic E-state index is 0.132. The maximum absolute atomic E-state index is 13.2. The van der Waals surface area contributed by atoms with Gasteiger partial charge in [0.2, 0.25) is 15.9 Å². The molecule has 3 aromatic rings. The molecule has 1 aliphatic rings. The quantitative estimate of drug-likeness (QED) is 0.646. The topological polar surface area (TPSA) is 97.8 Å². The van der Waals surface area contributed by atoms with Gasteiger partial charge in [0.25, 0.3) is 0 Å². The van der Waals surface area contributed by atoms with Crippen molar-refractivity contribution >= 4 is 42.6 Å². The third-order valence-corrected chi connectivity index (χ3v) is 7.61. The molecule has 1 aliphatic heterocycles. The Morgan fingerprint density at radius 2 is 1.87 bits per heavy atom. The Hall–Kier alpha value is -2.53. The zero-order chi connectivity index (χ0) is 21.3. The van der Waals surface area contributed by atoms with Gasteiger partial charge in [-0.3, -0.25) is 4.79 Å². The van der Waals surface area contributed by atoms with Crippen LogP contribution in [0.4, 0.5) is 5.13 Å². The molecule has 1 N–H and O–H groups in total. The fourth-order valence-electron chi connectivity index (χ4n) is 3.29. The summed E-state index contributed by atoms with van der Waals surface area (Å²) in [5.74, 6) is 0.124. The second kappa shape index (κ2) is 8.31. The van der Waals surface area contributed by atoms with Crippen molar-refractivity contribution in [2.24, 2.45) is 0 Å². The molecule has 0 spiro atoms. The van der Waals surface area contributed by atoms with Gasteiger partial charge in [0.15, 0.2) is 5.13 Å². The number of hydrogen-bond acceptors (Lipinski definition) is 7. The van der Waals surface area contributed by atoms with Crippen molar-refractivity contribution < 1.29 is 22.7 Å². The summed E-state index contributed by atoms with van der Waals surface area (Å²) in [5.41, 5.74) is 2.36. The first-order valence-electron chi connectivity index (χ1n) is 9.33. The number of anilines is 1. The summed E-state index contributed by atoms with van der Waals surface area (Å²) in [6, 6.07) is 10.8. The number of benzene rings is 2. The minimum atomic E-state index is -3.72. The molecule has 158 valence electrons. The molecule has 0 bridgehead atoms. The summed E-state index contributed by atoms with van der Waals surface area (Å²) >= 11 is 1.37. The lowest BCUT2D eigenvalue weighted by Gasteiger charge is -2.26. The van der Waals surface area contributed by atoms with Crippen molar-refractivity contribution in [3.63, 3.8) is 0 Å². The molecule has 2 heterocycles. The number of ether oxygens (including phenoxy) is 2. The second-order valence-electron chi connectivity index (χ2n) is 6.76. The van der Waals surface area contributed by atoms with Gasteiger partial charge in [0.1, 0.15) is 10.6 Å². The Bertz CT molecular complexity index is 1200. The number of morpholine rings is 1. The third-order valence-electron chi connectivity index (χ3n) is 4.76. The highest BCUT2D eigenvalue weighted by atomic mass is 32.2. The van der Waals surface area contributed by atoms with Crippen molar-refractivity contribution in [1.82, 2.24) is 9.29 Å². The van der Waals surface area contributed by atoms with Gasteiger partial charge in [-0.2, -0.15) is 4.31 Å². The van der Waals surface area contributed by atoms with Crippen molar-refractivity contribution in [3.8, 4) is 16.9 Å². The van der Waals surface area contributed by atoms with E-state index in [0.29, 0.717) is 37.2 Å². The van der Waals surface area contributed by atoms with E-state index in [1.54, 1.807) is 12.1 Å². The van der Waals surface area contributed by atoms with E-state index in [2.05, 4.69) is 10.3 Å². The van der Waals surface area contributed by atoms with E-state index >= 15 is 0 Å². The molecular formula is C20H21N3O5S2. The molecule has 0 atom stereocenters. The summed E-state index contributed by atoms with van der Waals surface area (Å²) in [6.45, 7) is 2.81. The number of sulfonamides is 1. The van der Waals surface area contributed by atoms with Gasteiger partial charge >= 0.3 is 0 Å². The molecule has 1 aromatic heterocycles. The lowest BCUT2D eigenvalue weighted by atomic mass is 10.1. The van der Waals surface area contributed by atoms with Gasteiger partial charge < -0.3 is 14.8 Å². The summed E-state index contributed by atoms with van der Waals surface area (Å²) in [4.78, 5) is 15.8. The van der Waals surface area contributed by atoms with Crippen LogP contribution in [-0.4, -0.2) is 57.0 Å². The number of hydrogen-bond donors (Lipinski definition) is 1. The van der Waals surface area contributed by atoms with Crippen molar-refractivity contribution in [3.05, 3.63) is 36.4 Å². The number of fused-ring (bicyclic) bond motifs is 1. The standard InChI is InChI=1S/C20H21N3O5S2/c1-13(24)21-20-22-16-5-3-14(11-18(16)29-20)15-4-6-17(27-2)19(12-15)30(25,26)23-7-9-28-10-8-23/h3-6,11-12H,7-10H2,1-2H3,(H,21,22,24). The molecule has 1 fully saturated rings. The van der Waals surface area contributed by atoms with Crippen LogP contribution < -0.4 is 10.1 Å². The number of nitrogens with one attached hydrogen (secondary N) is 1. The Morgan fingerprint density at radius 1 is 1.17 bits per heavy atom. The van der Waals surface area contributed by atoms with Gasteiger partial charge in [-0.25, -0.2) is 13.4 Å². The van der Waals surface area contributed by atoms with E-state index in [1.165, 1.54) is 29.7 Å². The van der Waals surface area contributed by atoms with Crippen molar-refractivity contribution in [2.45, 2.75) is 11.8 Å². The van der Waals surface area contributed by atoms with E-state index in [4.69, 9.17) is 9.47 Å². The van der Waals surface area contributed by atoms with Gasteiger partial charge in [0, 0.05) is 20.0 Å². The van der Waals surface area contributed by atoms with Crippen molar-refractivity contribution in [2.75, 3.05) is 38.7 Å². The van der Waals surface area contributed by atoms with E-state index in [-0.39, 0.29) is 10.8 Å². The zero-order valence-electron chi connectivity index (χ0n) is 16.5. The van der Waals surface area contributed by atoms with E-state index < -0.39 is 10.0 Å². The molecule has 1 saturated heterocycles. The SMILES string of the molecule is COc1ccc(-c2ccc3nc(NC(C)=O)sc3c2)cc1S(=O)(=O)N1CCOCC1. The van der Waals surface area contributed by atoms with Crippen molar-refractivity contribution in [1.29, 1.82) is 0 Å². The van der Waals surface area contributed by atoms with Crippen LogP contribution in [0, 0.1) is 0 Å². The third kappa shape index (κ3) is 4.04. The molecule has 8 nitrogen and oxygen atoms in total. The largest absolute Gasteiger partial charge is 0.495 e. The number of nitrogens with zero attached hydrogens (tertiary/aromatic N) is 2. The van der Waals surface area contributed by atoms with Crippen LogP contribution in [0.2, 0.25) is 0 Å². The zero-order valence-corrected chi connectivity index (χ0v) is 18.2. The monoisotopic (exact) mass is 447 g/mol. The van der Waals surface area contributed by atoms with Crippen LogP contribution in [0.15, 0.2) is 41.3 Å². The van der Waals surface area contributed by atoms with E-state index in [9.17, 15) is 13.2 Å². The normalized spacial score (nSPS) is 15.3. The number of methoxy groups -OCH3 is 1. The Balaban J connectivity index is 1.74. The molecule has 4 rings (SSSR count). The molecular weight excluding hydrogens is 426 g/mol. The number of aromatic nitrogens is 1. The summed E-state index contributed by atoms with van der Waals surface area (Å²) < 4.78 is 39.4.